The van der Waals surface area contributed by atoms with Gasteiger partial charge in [-0.1, -0.05) is 0 Å². The second-order valence-electron chi connectivity index (χ2n) is 4.38. The van der Waals surface area contributed by atoms with Gasteiger partial charge in [0, 0.05) is 32.2 Å². The minimum atomic E-state index is 0.110. The molecule has 1 aliphatic heterocycles. The lowest BCUT2D eigenvalue weighted by Gasteiger charge is -2.22. The number of hydrogen-bond donors (Lipinski definition) is 2. The third-order valence-corrected chi connectivity index (χ3v) is 2.76. The van der Waals surface area contributed by atoms with Gasteiger partial charge in [0.05, 0.1) is 0 Å². The van der Waals surface area contributed by atoms with Crippen LogP contribution < -0.4 is 11.1 Å². The molecule has 0 saturated carbocycles. The Morgan fingerprint density at radius 3 is 2.80 bits per heavy atom. The normalized spacial score (nSPS) is 19.9. The first-order valence-corrected chi connectivity index (χ1v) is 5.78. The number of ether oxygens (including phenoxy) is 1. The van der Waals surface area contributed by atoms with Crippen molar-refractivity contribution in [3.8, 4) is 0 Å². The fourth-order valence-corrected chi connectivity index (χ4v) is 1.66. The lowest BCUT2D eigenvalue weighted by molar-refractivity contribution is -0.121. The first kappa shape index (κ1) is 12.5. The molecule has 1 heterocycles. The largest absolute Gasteiger partial charge is 0.381 e. The third-order valence-electron chi connectivity index (χ3n) is 2.76. The van der Waals surface area contributed by atoms with E-state index in [1.54, 1.807) is 0 Å². The van der Waals surface area contributed by atoms with Gasteiger partial charge in [0.15, 0.2) is 0 Å². The summed E-state index contributed by atoms with van der Waals surface area (Å²) in [5.41, 5.74) is 5.58. The van der Waals surface area contributed by atoms with Gasteiger partial charge in [-0.05, 0) is 32.1 Å². The predicted octanol–water partition coefficient (Wildman–Crippen LogP) is 0.657. The van der Waals surface area contributed by atoms with Crippen LogP contribution in [0.4, 0.5) is 0 Å². The van der Waals surface area contributed by atoms with Gasteiger partial charge in [-0.3, -0.25) is 4.79 Å². The summed E-state index contributed by atoms with van der Waals surface area (Å²) in [6, 6.07) is 0.110. The molecule has 3 N–H and O–H groups in total. The molecule has 0 bridgehead atoms. The van der Waals surface area contributed by atoms with Crippen molar-refractivity contribution in [2.24, 2.45) is 11.7 Å². The summed E-state index contributed by atoms with van der Waals surface area (Å²) in [7, 11) is 0. The molecule has 1 saturated heterocycles. The molecular weight excluding hydrogens is 192 g/mol. The van der Waals surface area contributed by atoms with Crippen LogP contribution in [-0.2, 0) is 9.53 Å². The Morgan fingerprint density at radius 1 is 1.53 bits per heavy atom. The molecule has 1 unspecified atom stereocenters. The fraction of sp³-hybridized carbons (Fsp3) is 0.909. The van der Waals surface area contributed by atoms with Crippen LogP contribution in [0.25, 0.3) is 0 Å². The van der Waals surface area contributed by atoms with Crippen LogP contribution in [0.3, 0.4) is 0 Å². The maximum absolute atomic E-state index is 11.4. The maximum atomic E-state index is 11.4. The van der Waals surface area contributed by atoms with E-state index in [1.807, 2.05) is 6.92 Å². The molecule has 1 fully saturated rings. The van der Waals surface area contributed by atoms with Gasteiger partial charge in [0.2, 0.25) is 5.91 Å². The highest BCUT2D eigenvalue weighted by atomic mass is 16.5. The first-order valence-electron chi connectivity index (χ1n) is 5.78. The van der Waals surface area contributed by atoms with Gasteiger partial charge in [-0.25, -0.2) is 0 Å². The fourth-order valence-electron chi connectivity index (χ4n) is 1.66. The Labute approximate surface area is 91.5 Å². The van der Waals surface area contributed by atoms with E-state index in [-0.39, 0.29) is 11.9 Å². The highest BCUT2D eigenvalue weighted by Gasteiger charge is 2.14. The highest BCUT2D eigenvalue weighted by molar-refractivity contribution is 5.75. The number of nitrogens with one attached hydrogen (secondary N) is 1. The number of amides is 1. The van der Waals surface area contributed by atoms with E-state index in [1.165, 1.54) is 0 Å². The first-order chi connectivity index (χ1) is 7.18. The SMILES string of the molecule is CC(N)CCC(=O)NCC1CCOCC1. The number of nitrogens with two attached hydrogens (primary N) is 1. The van der Waals surface area contributed by atoms with Crippen LogP contribution in [0, 0.1) is 5.92 Å². The maximum Gasteiger partial charge on any atom is 0.220 e. The van der Waals surface area contributed by atoms with Crippen LogP contribution in [0.1, 0.15) is 32.6 Å². The molecule has 1 aliphatic rings. The molecular formula is C11H22N2O2. The zero-order valence-electron chi connectivity index (χ0n) is 9.50. The van der Waals surface area contributed by atoms with Crippen molar-refractivity contribution in [2.45, 2.75) is 38.6 Å². The molecule has 1 amide bonds. The Morgan fingerprint density at radius 2 is 2.20 bits per heavy atom. The molecule has 0 spiro atoms. The zero-order chi connectivity index (χ0) is 11.1. The van der Waals surface area contributed by atoms with Crippen molar-refractivity contribution in [3.05, 3.63) is 0 Å². The summed E-state index contributed by atoms with van der Waals surface area (Å²) in [4.78, 5) is 11.4. The summed E-state index contributed by atoms with van der Waals surface area (Å²) in [5, 5.41) is 2.96. The molecule has 88 valence electrons. The van der Waals surface area contributed by atoms with Crippen molar-refractivity contribution in [1.82, 2.24) is 5.32 Å². The van der Waals surface area contributed by atoms with E-state index in [4.69, 9.17) is 10.5 Å². The van der Waals surface area contributed by atoms with E-state index in [9.17, 15) is 4.79 Å². The summed E-state index contributed by atoms with van der Waals surface area (Å²) in [6.45, 7) is 4.38. The smallest absolute Gasteiger partial charge is 0.220 e. The molecule has 0 aromatic heterocycles. The van der Waals surface area contributed by atoms with Crippen LogP contribution in [0.2, 0.25) is 0 Å². The third kappa shape index (κ3) is 5.74. The standard InChI is InChI=1S/C11H22N2O2/c1-9(12)2-3-11(14)13-8-10-4-6-15-7-5-10/h9-10H,2-8,12H2,1H3,(H,13,14). The van der Waals surface area contributed by atoms with E-state index < -0.39 is 0 Å². The van der Waals surface area contributed by atoms with Gasteiger partial charge in [0.1, 0.15) is 0 Å². The summed E-state index contributed by atoms with van der Waals surface area (Å²) in [5.74, 6) is 0.719. The molecule has 1 atom stereocenters. The van der Waals surface area contributed by atoms with Crippen LogP contribution in [0.15, 0.2) is 0 Å². The Kier molecular flexibility index (Phi) is 5.65. The number of rotatable bonds is 5. The quantitative estimate of drug-likeness (QED) is 0.706. The molecule has 1 rings (SSSR count). The Hall–Kier alpha value is -0.610. The molecule has 4 heteroatoms. The highest BCUT2D eigenvalue weighted by Crippen LogP contribution is 2.13. The minimum absolute atomic E-state index is 0.110. The van der Waals surface area contributed by atoms with Gasteiger partial charge < -0.3 is 15.8 Å². The number of carbonyl (C=O) groups is 1. The van der Waals surface area contributed by atoms with Crippen molar-refractivity contribution in [3.63, 3.8) is 0 Å². The topological polar surface area (TPSA) is 64.4 Å². The molecule has 4 nitrogen and oxygen atoms in total. The van der Waals surface area contributed by atoms with Crippen LogP contribution in [0.5, 0.6) is 0 Å². The average Bonchev–Trinajstić information content (AvgIpc) is 2.25. The lowest BCUT2D eigenvalue weighted by atomic mass is 10.0. The van der Waals surface area contributed by atoms with Crippen molar-refractivity contribution < 1.29 is 9.53 Å². The molecule has 15 heavy (non-hydrogen) atoms. The molecule has 0 aliphatic carbocycles. The Bertz CT molecular complexity index is 189. The van der Waals surface area contributed by atoms with E-state index in [2.05, 4.69) is 5.32 Å². The van der Waals surface area contributed by atoms with E-state index >= 15 is 0 Å². The van der Waals surface area contributed by atoms with Crippen molar-refractivity contribution >= 4 is 5.91 Å². The van der Waals surface area contributed by atoms with Crippen molar-refractivity contribution in [1.29, 1.82) is 0 Å². The van der Waals surface area contributed by atoms with Gasteiger partial charge >= 0.3 is 0 Å². The number of hydrogen-bond acceptors (Lipinski definition) is 3. The monoisotopic (exact) mass is 214 g/mol. The second-order valence-corrected chi connectivity index (χ2v) is 4.38. The molecule has 0 radical (unpaired) electrons. The van der Waals surface area contributed by atoms with Crippen LogP contribution >= 0.6 is 0 Å². The minimum Gasteiger partial charge on any atom is -0.381 e. The van der Waals surface area contributed by atoms with Gasteiger partial charge in [0.25, 0.3) is 0 Å². The van der Waals surface area contributed by atoms with Gasteiger partial charge in [-0.2, -0.15) is 0 Å². The molecule has 0 aromatic carbocycles. The predicted molar refractivity (Wildman–Crippen MR) is 59.4 cm³/mol. The lowest BCUT2D eigenvalue weighted by Crippen LogP contribution is -2.32. The van der Waals surface area contributed by atoms with E-state index in [0.717, 1.165) is 39.0 Å². The Balaban J connectivity index is 2.05. The molecule has 0 aromatic rings. The second kappa shape index (κ2) is 6.80. The average molecular weight is 214 g/mol. The zero-order valence-corrected chi connectivity index (χ0v) is 9.50. The summed E-state index contributed by atoms with van der Waals surface area (Å²) in [6.07, 6.45) is 3.43. The van der Waals surface area contributed by atoms with Gasteiger partial charge in [-0.15, -0.1) is 0 Å². The summed E-state index contributed by atoms with van der Waals surface area (Å²) >= 11 is 0. The summed E-state index contributed by atoms with van der Waals surface area (Å²) < 4.78 is 5.26. The van der Waals surface area contributed by atoms with Crippen molar-refractivity contribution in [2.75, 3.05) is 19.8 Å². The number of carbonyl (C=O) groups excluding carboxylic acids is 1. The van der Waals surface area contributed by atoms with Crippen LogP contribution in [-0.4, -0.2) is 31.7 Å². The van der Waals surface area contributed by atoms with E-state index in [0.29, 0.717) is 12.3 Å².